The molecule has 22 heteroatoms. The molecule has 422 valence electrons. The van der Waals surface area contributed by atoms with E-state index in [2.05, 4.69) is 67.4 Å². The molecule has 0 saturated heterocycles. The molecule has 2 aromatic heterocycles. The number of anilines is 4. The second-order valence-corrected chi connectivity index (χ2v) is 28.5. The van der Waals surface area contributed by atoms with Gasteiger partial charge in [0, 0.05) is 102 Å². The van der Waals surface area contributed by atoms with E-state index in [9.17, 15) is 18.8 Å². The van der Waals surface area contributed by atoms with E-state index in [4.69, 9.17) is 24.1 Å². The molecule has 1 aliphatic rings. The molecule has 3 N–H and O–H groups in total. The number of halogens is 2. The summed E-state index contributed by atoms with van der Waals surface area (Å²) in [7, 11) is 7.49. The van der Waals surface area contributed by atoms with Gasteiger partial charge in [-0.1, -0.05) is 79.9 Å². The number of rotatable bonds is 24. The number of amides is 3. The lowest BCUT2D eigenvalue weighted by Crippen LogP contribution is -2.47. The molecule has 1 aliphatic heterocycles. The number of thioether (sulfide) groups is 1. The second-order valence-electron chi connectivity index (χ2n) is 21.6. The van der Waals surface area contributed by atoms with Gasteiger partial charge in [-0.25, -0.2) is 43.7 Å². The number of benzene rings is 4. The van der Waals surface area contributed by atoms with Crippen molar-refractivity contribution in [2.45, 2.75) is 82.6 Å². The van der Waals surface area contributed by atoms with Crippen molar-refractivity contribution in [3.8, 4) is 17.0 Å². The van der Waals surface area contributed by atoms with Crippen molar-refractivity contribution in [2.24, 2.45) is 12.1 Å². The first-order valence-corrected chi connectivity index (χ1v) is 30.7. The van der Waals surface area contributed by atoms with Crippen molar-refractivity contribution in [3.63, 3.8) is 0 Å². The van der Waals surface area contributed by atoms with E-state index >= 15 is 4.39 Å². The normalized spacial score (nSPS) is 14.5. The molecule has 4 aromatic carbocycles. The highest BCUT2D eigenvalue weighted by atomic mass is 32.2. The van der Waals surface area contributed by atoms with Crippen LogP contribution in [0.5, 0.6) is 5.75 Å². The molecule has 0 aliphatic carbocycles. The van der Waals surface area contributed by atoms with Crippen LogP contribution in [0.25, 0.3) is 22.2 Å². The number of urea groups is 1. The third kappa shape index (κ3) is 15.7. The van der Waals surface area contributed by atoms with Gasteiger partial charge in [-0.3, -0.25) is 4.84 Å². The Balaban J connectivity index is 1.01. The molecule has 0 fully saturated rings. The zero-order valence-electron chi connectivity index (χ0n) is 47.0. The smallest absolute Gasteiger partial charge is 0.407 e. The number of alkyl carbamates (subject to hydrolysis) is 1. The fraction of sp³-hybridized carbons (Fsp3) is 0.404. The van der Waals surface area contributed by atoms with Crippen LogP contribution >= 0.6 is 11.8 Å². The van der Waals surface area contributed by atoms with Gasteiger partial charge in [0.05, 0.1) is 36.5 Å². The molecule has 18 nitrogen and oxygen atoms in total. The first kappa shape index (κ1) is 59.4. The largest absolute Gasteiger partial charge is 0.494 e. The topological polar surface area (TPSA) is 180 Å². The Morgan fingerprint density at radius 2 is 1.62 bits per heavy atom. The molecular formula is C57H73F2N11O7SSi. The summed E-state index contributed by atoms with van der Waals surface area (Å²) in [4.78, 5) is 64.2. The number of para-hydroxylation sites is 1. The van der Waals surface area contributed by atoms with Crippen LogP contribution in [-0.4, -0.2) is 127 Å². The van der Waals surface area contributed by atoms with E-state index in [1.807, 2.05) is 92.9 Å². The summed E-state index contributed by atoms with van der Waals surface area (Å²) in [6.45, 7) is 14.1. The Morgan fingerprint density at radius 3 is 2.35 bits per heavy atom. The van der Waals surface area contributed by atoms with Gasteiger partial charge in [0.2, 0.25) is 5.95 Å². The van der Waals surface area contributed by atoms with E-state index in [0.717, 1.165) is 63.2 Å². The SMILES string of the molecule is COc1cc(N(C)CCN(C)CCCON(C)C(=O)N2N=C(c3cc(F)ccc3F)S[C@@]2(CCCNC(=O)OC(C)(C)C)c2ccccc2)c(NOC(=O)CC[Si](C)(C)C)cc1Nc1nccc(-c2cn(C)c3ccccc23)n1. The first-order chi connectivity index (χ1) is 37.5. The number of carbonyl (C=O) groups excluding carboxylic acids is 3. The Bertz CT molecular complexity index is 3120. The van der Waals surface area contributed by atoms with E-state index in [-0.39, 0.29) is 42.6 Å². The highest BCUT2D eigenvalue weighted by Gasteiger charge is 2.50. The van der Waals surface area contributed by atoms with E-state index in [1.54, 1.807) is 34.1 Å². The molecule has 7 rings (SSSR count). The minimum Gasteiger partial charge on any atom is -0.494 e. The van der Waals surface area contributed by atoms with Gasteiger partial charge in [0.1, 0.15) is 32.9 Å². The summed E-state index contributed by atoms with van der Waals surface area (Å²) in [6.07, 6.45) is 4.61. The molecule has 79 heavy (non-hydrogen) atoms. The maximum absolute atomic E-state index is 15.4. The van der Waals surface area contributed by atoms with Crippen molar-refractivity contribution in [3.05, 3.63) is 126 Å². The average Bonchev–Trinajstić information content (AvgIpc) is 4.11. The highest BCUT2D eigenvalue weighted by Crippen LogP contribution is 2.51. The molecule has 0 saturated carbocycles. The lowest BCUT2D eigenvalue weighted by molar-refractivity contribution is -0.140. The maximum Gasteiger partial charge on any atom is 0.407 e. The Morgan fingerprint density at radius 1 is 0.873 bits per heavy atom. The van der Waals surface area contributed by atoms with E-state index < -0.39 is 42.3 Å². The number of aryl methyl sites for hydroxylation is 1. The van der Waals surface area contributed by atoms with Crippen molar-refractivity contribution < 1.29 is 42.3 Å². The molecule has 0 unspecified atom stereocenters. The fourth-order valence-electron chi connectivity index (χ4n) is 8.76. The summed E-state index contributed by atoms with van der Waals surface area (Å²) in [6, 6.07) is 26.1. The summed E-state index contributed by atoms with van der Waals surface area (Å²) in [5.74, 6) is -0.861. The predicted molar refractivity (Wildman–Crippen MR) is 311 cm³/mol. The average molecular weight is 1120 g/mol. The van der Waals surface area contributed by atoms with Gasteiger partial charge in [-0.05, 0) is 95.1 Å². The van der Waals surface area contributed by atoms with E-state index in [0.29, 0.717) is 66.8 Å². The van der Waals surface area contributed by atoms with E-state index in [1.165, 1.54) is 12.1 Å². The van der Waals surface area contributed by atoms with Crippen LogP contribution in [0.15, 0.2) is 108 Å². The lowest BCUT2D eigenvalue weighted by Gasteiger charge is -2.37. The number of fused-ring (bicyclic) bond motifs is 1. The number of carbonyl (C=O) groups is 3. The predicted octanol–water partition coefficient (Wildman–Crippen LogP) is 11.6. The zero-order valence-corrected chi connectivity index (χ0v) is 48.8. The highest BCUT2D eigenvalue weighted by molar-refractivity contribution is 8.15. The monoisotopic (exact) mass is 1120 g/mol. The number of hydrogen-bond donors (Lipinski definition) is 3. The van der Waals surface area contributed by atoms with Gasteiger partial charge in [0.25, 0.3) is 0 Å². The maximum atomic E-state index is 15.4. The molecule has 0 spiro atoms. The van der Waals surface area contributed by atoms with Gasteiger partial charge in [0.15, 0.2) is 0 Å². The molecule has 3 heterocycles. The summed E-state index contributed by atoms with van der Waals surface area (Å²) >= 11 is 1.13. The Kier molecular flexibility index (Phi) is 19.6. The quantitative estimate of drug-likeness (QED) is 0.0296. The number of ether oxygens (including phenoxy) is 2. The van der Waals surface area contributed by atoms with Crippen molar-refractivity contribution in [1.29, 1.82) is 0 Å². The van der Waals surface area contributed by atoms with Gasteiger partial charge in [-0.2, -0.15) is 10.1 Å². The number of nitrogens with one attached hydrogen (secondary N) is 3. The number of likely N-dealkylation sites (N-methyl/N-ethyl adjacent to an activating group) is 2. The molecular weight excluding hydrogens is 1050 g/mol. The molecule has 3 amide bonds. The third-order valence-electron chi connectivity index (χ3n) is 12.9. The summed E-state index contributed by atoms with van der Waals surface area (Å²) < 4.78 is 43.4. The second kappa shape index (κ2) is 26.1. The van der Waals surface area contributed by atoms with Crippen LogP contribution in [0.3, 0.4) is 0 Å². The van der Waals surface area contributed by atoms with Crippen LogP contribution in [0.4, 0.5) is 41.4 Å². The van der Waals surface area contributed by atoms with Crippen LogP contribution in [0.2, 0.25) is 25.7 Å². The van der Waals surface area contributed by atoms with Gasteiger partial charge >= 0.3 is 18.1 Å². The lowest BCUT2D eigenvalue weighted by atomic mass is 10.0. The summed E-state index contributed by atoms with van der Waals surface area (Å²) in [5, 5.41) is 14.3. The minimum atomic E-state index is -1.51. The molecule has 6 aromatic rings. The van der Waals surface area contributed by atoms with Crippen molar-refractivity contribution in [1.82, 2.24) is 34.8 Å². The molecule has 0 bridgehead atoms. The molecule has 0 radical (unpaired) electrons. The number of methoxy groups -OCH3 is 1. The summed E-state index contributed by atoms with van der Waals surface area (Å²) in [5.41, 5.74) is 7.41. The number of nitrogens with zero attached hydrogens (tertiary/aromatic N) is 8. The third-order valence-corrected chi connectivity index (χ3v) is 16.1. The Labute approximate surface area is 466 Å². The number of hydrogen-bond acceptors (Lipinski definition) is 15. The number of hydrazone groups is 1. The van der Waals surface area contributed by atoms with Crippen LogP contribution in [0, 0.1) is 11.6 Å². The Hall–Kier alpha value is -7.27. The van der Waals surface area contributed by atoms with Gasteiger partial charge in [-0.15, -0.1) is 0 Å². The zero-order chi connectivity index (χ0) is 57.1. The number of aromatic nitrogens is 3. The van der Waals surface area contributed by atoms with Crippen LogP contribution < -0.4 is 25.8 Å². The molecule has 1 atom stereocenters. The first-order valence-electron chi connectivity index (χ1n) is 26.2. The van der Waals surface area contributed by atoms with Crippen molar-refractivity contribution in [2.75, 3.05) is 76.7 Å². The van der Waals surface area contributed by atoms with Gasteiger partial charge < -0.3 is 39.3 Å². The van der Waals surface area contributed by atoms with Crippen molar-refractivity contribution >= 4 is 76.9 Å². The van der Waals surface area contributed by atoms with Crippen LogP contribution in [0.1, 0.15) is 57.6 Å². The standard InChI is InChI=1S/C57H73F2N11O7SSi/c1-56(2,3)76-54(72)61-28-17-27-57(39-19-13-12-14-20-39)70(64-52(78-57)42-35-40(58)23-24-44(42)59)55(73)69(7)75-33-18-30-66(4)31-32-67(5)49-37-50(74-8)47(36-46(49)65-77-51(71)26-34-79(9,10)11)63-53-60-29-25-45(62-53)43-38-68(6)48-22-16-15-21-41(43)48/h12-16,19-25,29,35-38,65H,17-18,26-28,30-34H2,1-11H3,(H,61,72)(H,60,62,63)/t57-/m0/s1. The number of hydroxylamine groups is 2. The minimum absolute atomic E-state index is 0.0910. The van der Waals surface area contributed by atoms with Crippen LogP contribution in [-0.2, 0) is 31.1 Å². The fourth-order valence-corrected chi connectivity index (χ4v) is 11.1.